The molecule has 0 aromatic carbocycles. The Hall–Kier alpha value is -1.31. The van der Waals surface area contributed by atoms with Crippen LogP contribution in [0.15, 0.2) is 22.6 Å². The summed E-state index contributed by atoms with van der Waals surface area (Å²) in [5, 5.41) is 1.63. The molecule has 0 N–H and O–H groups in total. The van der Waals surface area contributed by atoms with Crippen molar-refractivity contribution >= 4 is 28.5 Å². The van der Waals surface area contributed by atoms with E-state index in [0.717, 1.165) is 17.7 Å². The molecule has 0 fully saturated rings. The molecular weight excluding hydrogens is 228 g/mol. The molecule has 2 aromatic heterocycles. The van der Waals surface area contributed by atoms with Gasteiger partial charge in [0.05, 0.1) is 11.8 Å². The molecule has 2 heterocycles. The number of halogens is 3. The van der Waals surface area contributed by atoms with Crippen LogP contribution >= 0.6 is 11.3 Å². The fourth-order valence-corrected chi connectivity index (χ4v) is 2.02. The first kappa shape index (κ1) is 10.2. The first-order valence-corrected chi connectivity index (χ1v) is 4.99. The number of rotatable bonds is 2. The van der Waals surface area contributed by atoms with Crippen LogP contribution in [-0.2, 0) is 6.44 Å². The monoisotopic (exact) mass is 233 g/mol. The third-order valence-corrected chi connectivity index (χ3v) is 2.73. The molecule has 80 valence electrons. The molecule has 0 amide bonds. The number of thiophene rings is 1. The predicted molar refractivity (Wildman–Crippen MR) is 53.0 cm³/mol. The highest BCUT2D eigenvalue weighted by molar-refractivity contribution is 7.17. The Balaban J connectivity index is 2.53. The van der Waals surface area contributed by atoms with Crippen molar-refractivity contribution in [2.75, 3.05) is 0 Å². The van der Waals surface area contributed by atoms with Gasteiger partial charge in [-0.15, -0.1) is 11.3 Å². The average molecular weight is 233 g/mol. The summed E-state index contributed by atoms with van der Waals surface area (Å²) in [6.45, 7) is -5.02. The second-order valence-electron chi connectivity index (χ2n) is 3.05. The summed E-state index contributed by atoms with van der Waals surface area (Å²) < 4.78 is 37.2. The number of aromatic nitrogens is 2. The zero-order valence-electron chi connectivity index (χ0n) is 7.36. The fraction of sp³-hybridized carbons (Fsp3) is 0.143. The molecule has 0 unspecified atom stereocenters. The fourth-order valence-electron chi connectivity index (χ4n) is 1.23. The predicted octanol–water partition coefficient (Wildman–Crippen LogP) is 1.84. The Morgan fingerprint density at radius 1 is 1.47 bits per heavy atom. The summed E-state index contributed by atoms with van der Waals surface area (Å²) in [4.78, 5) is 15.3. The van der Waals surface area contributed by atoms with Gasteiger partial charge in [0.15, 0.2) is 0 Å². The number of hydrogen-bond acceptors (Lipinski definition) is 3. The van der Waals surface area contributed by atoms with Gasteiger partial charge in [0.1, 0.15) is 4.70 Å². The summed E-state index contributed by atoms with van der Waals surface area (Å²) in [5.41, 5.74) is -0.190. The summed E-state index contributed by atoms with van der Waals surface area (Å²) >= 11 is 1.10. The highest BCUT2D eigenvalue weighted by Gasteiger charge is 2.24. The van der Waals surface area contributed by atoms with E-state index in [9.17, 15) is 17.7 Å². The Morgan fingerprint density at radius 2 is 2.20 bits per heavy atom. The molecule has 15 heavy (non-hydrogen) atoms. The molecule has 3 nitrogen and oxygen atoms in total. The number of hydrogen-bond donors (Lipinski definition) is 0. The highest BCUT2D eigenvalue weighted by atomic mass is 32.1. The molecule has 8 heteroatoms. The van der Waals surface area contributed by atoms with Crippen LogP contribution in [0.25, 0.3) is 10.2 Å². The van der Waals surface area contributed by atoms with Crippen molar-refractivity contribution in [2.24, 2.45) is 0 Å². The first-order valence-electron chi connectivity index (χ1n) is 4.11. The van der Waals surface area contributed by atoms with Gasteiger partial charge in [-0.05, 0) is 17.9 Å². The van der Waals surface area contributed by atoms with Gasteiger partial charge in [0.2, 0.25) is 0 Å². The Labute approximate surface area is 86.2 Å². The minimum Gasteiger partial charge on any atom is -0.448 e. The summed E-state index contributed by atoms with van der Waals surface area (Å²) in [5.74, 6) is 0. The average Bonchev–Trinajstić information content (AvgIpc) is 2.56. The van der Waals surface area contributed by atoms with Crippen LogP contribution in [0.3, 0.4) is 0 Å². The standard InChI is InChI=1S/C7H5BF3N2OS/c9-8(10,11)3-13-4-12-5-1-2-15-6(5)7(13)14/h1-2,4H,3H2/q-1. The Bertz CT molecular complexity index is 547. The van der Waals surface area contributed by atoms with Crippen LogP contribution in [0.2, 0.25) is 0 Å². The lowest BCUT2D eigenvalue weighted by molar-refractivity contribution is 0.442. The van der Waals surface area contributed by atoms with Crippen molar-refractivity contribution in [1.82, 2.24) is 9.55 Å². The van der Waals surface area contributed by atoms with Crippen LogP contribution in [0.5, 0.6) is 0 Å². The SMILES string of the molecule is O=c1c2sccc2ncn1C[B-](F)(F)F. The van der Waals surface area contributed by atoms with E-state index in [2.05, 4.69) is 4.98 Å². The summed E-state index contributed by atoms with van der Waals surface area (Å²) in [7, 11) is 0. The van der Waals surface area contributed by atoms with Gasteiger partial charge >= 0.3 is 6.98 Å². The number of fused-ring (bicyclic) bond motifs is 1. The molecule has 2 rings (SSSR count). The van der Waals surface area contributed by atoms with Crippen molar-refractivity contribution in [2.45, 2.75) is 6.44 Å². The van der Waals surface area contributed by atoms with E-state index in [0.29, 0.717) is 10.1 Å². The molecule has 0 saturated heterocycles. The Morgan fingerprint density at radius 3 is 2.87 bits per heavy atom. The molecule has 0 bridgehead atoms. The molecule has 0 spiro atoms. The summed E-state index contributed by atoms with van der Waals surface area (Å²) in [6.07, 6.45) is -0.299. The molecular formula is C7H5BF3N2OS-. The molecule has 0 saturated carbocycles. The first-order chi connectivity index (χ1) is 6.97. The van der Waals surface area contributed by atoms with Crippen molar-refractivity contribution in [3.05, 3.63) is 28.1 Å². The van der Waals surface area contributed by atoms with E-state index in [1.54, 1.807) is 11.4 Å². The van der Waals surface area contributed by atoms with Gasteiger partial charge < -0.3 is 17.5 Å². The van der Waals surface area contributed by atoms with Crippen LogP contribution in [-0.4, -0.2) is 16.5 Å². The maximum Gasteiger partial charge on any atom is 0.497 e. The topological polar surface area (TPSA) is 34.9 Å². The van der Waals surface area contributed by atoms with Crippen molar-refractivity contribution in [3.63, 3.8) is 0 Å². The maximum absolute atomic E-state index is 12.1. The van der Waals surface area contributed by atoms with Crippen LogP contribution < -0.4 is 5.56 Å². The van der Waals surface area contributed by atoms with E-state index in [1.165, 1.54) is 0 Å². The molecule has 0 aliphatic heterocycles. The van der Waals surface area contributed by atoms with Gasteiger partial charge in [-0.3, -0.25) is 4.79 Å². The van der Waals surface area contributed by atoms with Crippen LogP contribution in [0.4, 0.5) is 12.9 Å². The van der Waals surface area contributed by atoms with Gasteiger partial charge in [0, 0.05) is 0 Å². The van der Waals surface area contributed by atoms with Crippen molar-refractivity contribution in [1.29, 1.82) is 0 Å². The van der Waals surface area contributed by atoms with Crippen LogP contribution in [0, 0.1) is 0 Å². The highest BCUT2D eigenvalue weighted by Crippen LogP contribution is 2.15. The minimum absolute atomic E-state index is 0.262. The van der Waals surface area contributed by atoms with E-state index in [1.807, 2.05) is 0 Å². The zero-order valence-corrected chi connectivity index (χ0v) is 8.18. The van der Waals surface area contributed by atoms with Crippen molar-refractivity contribution < 1.29 is 12.9 Å². The largest absolute Gasteiger partial charge is 0.497 e. The zero-order chi connectivity index (χ0) is 11.1. The van der Waals surface area contributed by atoms with E-state index >= 15 is 0 Å². The third-order valence-electron chi connectivity index (χ3n) is 1.84. The van der Waals surface area contributed by atoms with E-state index in [-0.39, 0.29) is 4.70 Å². The van der Waals surface area contributed by atoms with Crippen molar-refractivity contribution in [3.8, 4) is 0 Å². The maximum atomic E-state index is 12.1. The molecule has 0 aliphatic rings. The van der Waals surface area contributed by atoms with Gasteiger partial charge in [-0.1, -0.05) is 0 Å². The molecule has 0 radical (unpaired) electrons. The van der Waals surface area contributed by atoms with E-state index < -0.39 is 19.0 Å². The van der Waals surface area contributed by atoms with E-state index in [4.69, 9.17) is 0 Å². The van der Waals surface area contributed by atoms with Crippen LogP contribution in [0.1, 0.15) is 0 Å². The molecule has 0 aliphatic carbocycles. The minimum atomic E-state index is -5.02. The quantitative estimate of drug-likeness (QED) is 0.741. The third kappa shape index (κ3) is 2.04. The smallest absolute Gasteiger partial charge is 0.448 e. The summed E-state index contributed by atoms with van der Waals surface area (Å²) in [6, 6.07) is 1.60. The lowest BCUT2D eigenvalue weighted by Crippen LogP contribution is -2.31. The lowest BCUT2D eigenvalue weighted by Gasteiger charge is -2.14. The van der Waals surface area contributed by atoms with Gasteiger partial charge in [-0.25, -0.2) is 4.98 Å². The molecule has 2 aromatic rings. The number of nitrogens with zero attached hydrogens (tertiary/aromatic N) is 2. The lowest BCUT2D eigenvalue weighted by atomic mass is 9.92. The normalized spacial score (nSPS) is 12.2. The van der Waals surface area contributed by atoms with Gasteiger partial charge in [-0.2, -0.15) is 0 Å². The Kier molecular flexibility index (Phi) is 2.30. The molecule has 0 atom stereocenters. The second-order valence-corrected chi connectivity index (χ2v) is 3.96. The second kappa shape index (κ2) is 3.37. The van der Waals surface area contributed by atoms with Gasteiger partial charge in [0.25, 0.3) is 5.56 Å².